The maximum Gasteiger partial charge on any atom is 0.306 e. The number of carbonyl (C=O) groups excluding carboxylic acids is 1. The molecular formula is C17H23NO4. The van der Waals surface area contributed by atoms with Crippen LogP contribution in [-0.4, -0.2) is 48.0 Å². The first-order chi connectivity index (χ1) is 10.6. The van der Waals surface area contributed by atoms with Crippen LogP contribution in [0.2, 0.25) is 0 Å². The fourth-order valence-corrected chi connectivity index (χ4v) is 3.04. The molecule has 5 heteroatoms. The second-order valence-corrected chi connectivity index (χ2v) is 5.67. The highest BCUT2D eigenvalue weighted by Crippen LogP contribution is 2.23. The average molecular weight is 305 g/mol. The molecule has 1 aliphatic rings. The lowest BCUT2D eigenvalue weighted by Crippen LogP contribution is -2.46. The van der Waals surface area contributed by atoms with Gasteiger partial charge in [-0.3, -0.25) is 14.5 Å². The number of ketones is 1. The van der Waals surface area contributed by atoms with Gasteiger partial charge in [0.25, 0.3) is 0 Å². The molecular weight excluding hydrogens is 282 g/mol. The van der Waals surface area contributed by atoms with E-state index in [0.29, 0.717) is 43.7 Å². The Kier molecular flexibility index (Phi) is 5.55. The number of hydrogen-bond donors (Lipinski definition) is 1. The summed E-state index contributed by atoms with van der Waals surface area (Å²) in [4.78, 5) is 25.9. The normalized spacial score (nSPS) is 17.9. The molecule has 0 aromatic heterocycles. The molecule has 0 spiro atoms. The molecule has 2 rings (SSSR count). The number of hydrogen-bond acceptors (Lipinski definition) is 4. The van der Waals surface area contributed by atoms with Crippen molar-refractivity contribution < 1.29 is 19.4 Å². The molecule has 0 amide bonds. The Labute approximate surface area is 130 Å². The predicted molar refractivity (Wildman–Crippen MR) is 83.3 cm³/mol. The van der Waals surface area contributed by atoms with E-state index in [4.69, 9.17) is 9.84 Å². The summed E-state index contributed by atoms with van der Waals surface area (Å²) >= 11 is 0. The van der Waals surface area contributed by atoms with Crippen molar-refractivity contribution in [2.75, 3.05) is 20.2 Å². The van der Waals surface area contributed by atoms with Gasteiger partial charge in [0, 0.05) is 5.56 Å². The van der Waals surface area contributed by atoms with E-state index in [1.807, 2.05) is 19.1 Å². The quantitative estimate of drug-likeness (QED) is 0.818. The Balaban J connectivity index is 2.08. The van der Waals surface area contributed by atoms with Gasteiger partial charge in [-0.05, 0) is 44.5 Å². The maximum atomic E-state index is 12.7. The third-order valence-electron chi connectivity index (χ3n) is 4.36. The molecule has 1 N–H and O–H groups in total. The minimum atomic E-state index is -0.730. The molecule has 0 radical (unpaired) electrons. The van der Waals surface area contributed by atoms with E-state index in [1.165, 1.54) is 0 Å². The van der Waals surface area contributed by atoms with Crippen molar-refractivity contribution in [2.45, 2.75) is 32.2 Å². The molecule has 1 aromatic carbocycles. The first-order valence-corrected chi connectivity index (χ1v) is 7.72. The summed E-state index contributed by atoms with van der Waals surface area (Å²) in [6, 6.07) is 7.00. The molecule has 1 aliphatic heterocycles. The molecule has 1 heterocycles. The van der Waals surface area contributed by atoms with E-state index in [1.54, 1.807) is 19.2 Å². The molecule has 120 valence electrons. The van der Waals surface area contributed by atoms with Crippen molar-refractivity contribution in [3.05, 3.63) is 29.8 Å². The number of likely N-dealkylation sites (tertiary alicyclic amines) is 1. The zero-order valence-electron chi connectivity index (χ0n) is 13.1. The summed E-state index contributed by atoms with van der Waals surface area (Å²) in [6.45, 7) is 3.31. The monoisotopic (exact) mass is 305 g/mol. The number of aliphatic carboxylic acids is 1. The number of nitrogens with zero attached hydrogens (tertiary/aromatic N) is 1. The molecule has 1 unspecified atom stereocenters. The minimum Gasteiger partial charge on any atom is -0.497 e. The van der Waals surface area contributed by atoms with Crippen LogP contribution in [0.15, 0.2) is 24.3 Å². The lowest BCUT2D eigenvalue weighted by atomic mass is 9.93. The van der Waals surface area contributed by atoms with E-state index in [-0.39, 0.29) is 17.7 Å². The molecule has 5 nitrogen and oxygen atoms in total. The van der Waals surface area contributed by atoms with Gasteiger partial charge in [-0.2, -0.15) is 0 Å². The molecule has 0 bridgehead atoms. The highest BCUT2D eigenvalue weighted by atomic mass is 16.5. The fourth-order valence-electron chi connectivity index (χ4n) is 3.04. The van der Waals surface area contributed by atoms with Gasteiger partial charge in [0.05, 0.1) is 19.1 Å². The van der Waals surface area contributed by atoms with Crippen LogP contribution in [0.25, 0.3) is 0 Å². The summed E-state index contributed by atoms with van der Waals surface area (Å²) < 4.78 is 5.17. The summed E-state index contributed by atoms with van der Waals surface area (Å²) in [5.74, 6) is -0.257. The third kappa shape index (κ3) is 3.65. The lowest BCUT2D eigenvalue weighted by molar-refractivity contribution is -0.143. The van der Waals surface area contributed by atoms with E-state index in [9.17, 15) is 9.59 Å². The van der Waals surface area contributed by atoms with E-state index >= 15 is 0 Å². The largest absolute Gasteiger partial charge is 0.497 e. The van der Waals surface area contributed by atoms with Crippen LogP contribution >= 0.6 is 0 Å². The van der Waals surface area contributed by atoms with Gasteiger partial charge in [0.15, 0.2) is 5.78 Å². The van der Waals surface area contributed by atoms with Crippen LogP contribution in [-0.2, 0) is 4.79 Å². The SMILES string of the molecule is CCC(C(=O)c1cccc(OC)c1)N1CCC(C(=O)O)CC1. The summed E-state index contributed by atoms with van der Waals surface area (Å²) in [5.41, 5.74) is 0.645. The second-order valence-electron chi connectivity index (χ2n) is 5.67. The Morgan fingerprint density at radius 2 is 2.05 bits per heavy atom. The summed E-state index contributed by atoms with van der Waals surface area (Å²) in [5, 5.41) is 9.07. The number of carbonyl (C=O) groups is 2. The highest BCUT2D eigenvalue weighted by molar-refractivity contribution is 6.00. The second kappa shape index (κ2) is 7.40. The number of Topliss-reactive ketones (excluding diaryl/α,β-unsaturated/α-hetero) is 1. The van der Waals surface area contributed by atoms with Gasteiger partial charge in [-0.25, -0.2) is 0 Å². The molecule has 1 aromatic rings. The molecule has 22 heavy (non-hydrogen) atoms. The minimum absolute atomic E-state index is 0.0789. The molecule has 0 saturated carbocycles. The van der Waals surface area contributed by atoms with E-state index in [2.05, 4.69) is 4.90 Å². The first kappa shape index (κ1) is 16.5. The van der Waals surface area contributed by atoms with Crippen LogP contribution in [0.1, 0.15) is 36.5 Å². The van der Waals surface area contributed by atoms with E-state index < -0.39 is 5.97 Å². The standard InChI is InChI=1S/C17H23NO4/c1-3-15(18-9-7-12(8-10-18)17(20)21)16(19)13-5-4-6-14(11-13)22-2/h4-6,11-12,15H,3,7-10H2,1-2H3,(H,20,21). The Bertz CT molecular complexity index is 535. The summed E-state index contributed by atoms with van der Waals surface area (Å²) in [6.07, 6.45) is 1.93. The number of carboxylic acid groups (broad SMARTS) is 1. The van der Waals surface area contributed by atoms with Gasteiger partial charge in [-0.1, -0.05) is 19.1 Å². The maximum absolute atomic E-state index is 12.7. The van der Waals surface area contributed by atoms with Gasteiger partial charge in [0.2, 0.25) is 0 Å². The lowest BCUT2D eigenvalue weighted by Gasteiger charge is -2.35. The van der Waals surface area contributed by atoms with E-state index in [0.717, 1.165) is 0 Å². The van der Waals surface area contributed by atoms with Gasteiger partial charge < -0.3 is 9.84 Å². The number of rotatable bonds is 6. The molecule has 1 fully saturated rings. The molecule has 1 atom stereocenters. The Morgan fingerprint density at radius 3 is 2.59 bits per heavy atom. The van der Waals surface area contributed by atoms with Crippen molar-refractivity contribution in [3.63, 3.8) is 0 Å². The number of benzene rings is 1. The number of ether oxygens (including phenoxy) is 1. The summed E-state index contributed by atoms with van der Waals surface area (Å²) in [7, 11) is 1.58. The van der Waals surface area contributed by atoms with Crippen molar-refractivity contribution in [3.8, 4) is 5.75 Å². The molecule has 1 saturated heterocycles. The van der Waals surface area contributed by atoms with Gasteiger partial charge >= 0.3 is 5.97 Å². The fraction of sp³-hybridized carbons (Fsp3) is 0.529. The Morgan fingerprint density at radius 1 is 1.36 bits per heavy atom. The Hall–Kier alpha value is -1.88. The molecule has 0 aliphatic carbocycles. The zero-order valence-corrected chi connectivity index (χ0v) is 13.1. The van der Waals surface area contributed by atoms with Gasteiger partial charge in [-0.15, -0.1) is 0 Å². The average Bonchev–Trinajstić information content (AvgIpc) is 2.56. The topological polar surface area (TPSA) is 66.8 Å². The number of methoxy groups -OCH3 is 1. The van der Waals surface area contributed by atoms with Gasteiger partial charge in [0.1, 0.15) is 5.75 Å². The predicted octanol–water partition coefficient (Wildman–Crippen LogP) is 2.45. The van der Waals surface area contributed by atoms with Crippen molar-refractivity contribution >= 4 is 11.8 Å². The highest BCUT2D eigenvalue weighted by Gasteiger charge is 2.31. The smallest absolute Gasteiger partial charge is 0.306 e. The number of carboxylic acids is 1. The van der Waals surface area contributed by atoms with Crippen molar-refractivity contribution in [1.82, 2.24) is 4.90 Å². The number of piperidine rings is 1. The van der Waals surface area contributed by atoms with Crippen LogP contribution in [0.3, 0.4) is 0 Å². The van der Waals surface area contributed by atoms with Crippen molar-refractivity contribution in [2.24, 2.45) is 5.92 Å². The van der Waals surface area contributed by atoms with Crippen LogP contribution in [0, 0.1) is 5.92 Å². The first-order valence-electron chi connectivity index (χ1n) is 7.72. The van der Waals surface area contributed by atoms with Crippen LogP contribution in [0.4, 0.5) is 0 Å². The van der Waals surface area contributed by atoms with Crippen LogP contribution < -0.4 is 4.74 Å². The third-order valence-corrected chi connectivity index (χ3v) is 4.36. The zero-order chi connectivity index (χ0) is 16.1. The van der Waals surface area contributed by atoms with Crippen LogP contribution in [0.5, 0.6) is 5.75 Å². The van der Waals surface area contributed by atoms with Crippen molar-refractivity contribution in [1.29, 1.82) is 0 Å².